The van der Waals surface area contributed by atoms with Crippen LogP contribution >= 0.6 is 0 Å². The van der Waals surface area contributed by atoms with Crippen molar-refractivity contribution in [2.75, 3.05) is 31.6 Å². The van der Waals surface area contributed by atoms with Gasteiger partial charge in [0.25, 0.3) is 0 Å². The van der Waals surface area contributed by atoms with E-state index in [2.05, 4.69) is 23.2 Å². The van der Waals surface area contributed by atoms with Gasteiger partial charge in [-0.3, -0.25) is 4.90 Å². The molecule has 0 aliphatic carbocycles. The van der Waals surface area contributed by atoms with Crippen LogP contribution in [0.15, 0.2) is 42.5 Å². The number of nitriles is 1. The SMILES string of the molecule is CCc1cc(C(CC)(Nc2ccc(C#N)cc2)C(=O)O)ccc1OCCN1CCCC1. The van der Waals surface area contributed by atoms with Crippen molar-refractivity contribution in [3.63, 3.8) is 0 Å². The number of ether oxygens (including phenoxy) is 1. The van der Waals surface area contributed by atoms with E-state index in [0.717, 1.165) is 37.4 Å². The molecule has 1 fully saturated rings. The Balaban J connectivity index is 1.82. The van der Waals surface area contributed by atoms with Crippen molar-refractivity contribution in [3.05, 3.63) is 59.2 Å². The Labute approximate surface area is 184 Å². The second-order valence-electron chi connectivity index (χ2n) is 7.95. The molecule has 2 aromatic rings. The molecule has 0 amide bonds. The lowest BCUT2D eigenvalue weighted by Crippen LogP contribution is -2.43. The molecule has 0 saturated carbocycles. The third-order valence-electron chi connectivity index (χ3n) is 6.07. The monoisotopic (exact) mass is 421 g/mol. The van der Waals surface area contributed by atoms with Crippen molar-refractivity contribution in [2.24, 2.45) is 0 Å². The first-order valence-corrected chi connectivity index (χ1v) is 11.0. The van der Waals surface area contributed by atoms with E-state index in [9.17, 15) is 9.90 Å². The first kappa shape index (κ1) is 22.6. The van der Waals surface area contributed by atoms with Crippen LogP contribution in [0.1, 0.15) is 49.8 Å². The summed E-state index contributed by atoms with van der Waals surface area (Å²) in [5.74, 6) is -0.122. The van der Waals surface area contributed by atoms with Crippen LogP contribution in [0.4, 0.5) is 5.69 Å². The Morgan fingerprint density at radius 2 is 1.90 bits per heavy atom. The molecule has 6 nitrogen and oxygen atoms in total. The van der Waals surface area contributed by atoms with Crippen LogP contribution in [0.25, 0.3) is 0 Å². The van der Waals surface area contributed by atoms with E-state index in [1.165, 1.54) is 12.8 Å². The van der Waals surface area contributed by atoms with E-state index in [4.69, 9.17) is 10.00 Å². The number of hydrogen-bond acceptors (Lipinski definition) is 5. The number of rotatable bonds is 10. The number of benzene rings is 2. The highest BCUT2D eigenvalue weighted by Gasteiger charge is 2.39. The van der Waals surface area contributed by atoms with Crippen molar-refractivity contribution in [3.8, 4) is 11.8 Å². The first-order chi connectivity index (χ1) is 15.0. The molecule has 0 spiro atoms. The van der Waals surface area contributed by atoms with E-state index in [1.807, 2.05) is 25.1 Å². The molecule has 164 valence electrons. The van der Waals surface area contributed by atoms with E-state index in [0.29, 0.717) is 29.8 Å². The van der Waals surface area contributed by atoms with Crippen molar-refractivity contribution in [1.82, 2.24) is 4.90 Å². The minimum atomic E-state index is -1.27. The average Bonchev–Trinajstić information content (AvgIpc) is 3.31. The van der Waals surface area contributed by atoms with Crippen LogP contribution in [0.2, 0.25) is 0 Å². The van der Waals surface area contributed by atoms with Gasteiger partial charge >= 0.3 is 5.97 Å². The molecule has 0 aromatic heterocycles. The molecule has 0 bridgehead atoms. The number of aliphatic carboxylic acids is 1. The molecule has 1 heterocycles. The lowest BCUT2D eigenvalue weighted by atomic mass is 9.85. The third-order valence-corrected chi connectivity index (χ3v) is 6.07. The summed E-state index contributed by atoms with van der Waals surface area (Å²) >= 11 is 0. The molecule has 6 heteroatoms. The lowest BCUT2D eigenvalue weighted by molar-refractivity contribution is -0.142. The van der Waals surface area contributed by atoms with Crippen molar-refractivity contribution >= 4 is 11.7 Å². The van der Waals surface area contributed by atoms with Crippen LogP contribution in [-0.4, -0.2) is 42.2 Å². The molecule has 2 aromatic carbocycles. The summed E-state index contributed by atoms with van der Waals surface area (Å²) in [6, 6.07) is 14.6. The summed E-state index contributed by atoms with van der Waals surface area (Å²) < 4.78 is 6.06. The number of carboxylic acid groups (broad SMARTS) is 1. The number of aryl methyl sites for hydroxylation is 1. The largest absolute Gasteiger partial charge is 0.492 e. The van der Waals surface area contributed by atoms with Crippen LogP contribution < -0.4 is 10.1 Å². The molecular weight excluding hydrogens is 390 g/mol. The second-order valence-corrected chi connectivity index (χ2v) is 7.95. The molecule has 1 aliphatic rings. The minimum Gasteiger partial charge on any atom is -0.492 e. The smallest absolute Gasteiger partial charge is 0.334 e. The molecular formula is C25H31N3O3. The van der Waals surface area contributed by atoms with Crippen molar-refractivity contribution < 1.29 is 14.6 Å². The molecule has 0 radical (unpaired) electrons. The van der Waals surface area contributed by atoms with Crippen LogP contribution in [0.5, 0.6) is 5.75 Å². The standard InChI is InChI=1S/C25H31N3O3/c1-3-20-17-21(9-12-23(20)31-16-15-28-13-5-6-14-28)25(4-2,24(29)30)27-22-10-7-19(18-26)8-11-22/h7-12,17,27H,3-6,13-16H2,1-2H3,(H,29,30). The highest BCUT2D eigenvalue weighted by Crippen LogP contribution is 2.34. The minimum absolute atomic E-state index is 0.362. The van der Waals surface area contributed by atoms with Crippen molar-refractivity contribution in [1.29, 1.82) is 5.26 Å². The molecule has 31 heavy (non-hydrogen) atoms. The summed E-state index contributed by atoms with van der Waals surface area (Å²) in [6.07, 6.45) is 3.63. The van der Waals surface area contributed by atoms with Gasteiger partial charge in [-0.1, -0.05) is 19.9 Å². The van der Waals surface area contributed by atoms with E-state index < -0.39 is 11.5 Å². The molecule has 2 N–H and O–H groups in total. The number of nitrogens with one attached hydrogen (secondary N) is 1. The van der Waals surface area contributed by atoms with Gasteiger partial charge in [0.05, 0.1) is 11.6 Å². The van der Waals surface area contributed by atoms with Crippen LogP contribution in [-0.2, 0) is 16.8 Å². The third kappa shape index (κ3) is 5.18. The Morgan fingerprint density at radius 1 is 1.19 bits per heavy atom. The van der Waals surface area contributed by atoms with Crippen LogP contribution in [0.3, 0.4) is 0 Å². The fraction of sp³-hybridized carbons (Fsp3) is 0.440. The summed E-state index contributed by atoms with van der Waals surface area (Å²) in [5, 5.41) is 22.4. The predicted octanol–water partition coefficient (Wildman–Crippen LogP) is 4.40. The van der Waals surface area contributed by atoms with Gasteiger partial charge in [0.15, 0.2) is 5.54 Å². The van der Waals surface area contributed by atoms with E-state index in [1.54, 1.807) is 24.3 Å². The van der Waals surface area contributed by atoms with E-state index in [-0.39, 0.29) is 0 Å². The Kier molecular flexibility index (Phi) is 7.54. The maximum absolute atomic E-state index is 12.4. The summed E-state index contributed by atoms with van der Waals surface area (Å²) in [4.78, 5) is 14.8. The summed E-state index contributed by atoms with van der Waals surface area (Å²) in [5.41, 5.74) is 1.61. The van der Waals surface area contributed by atoms with Gasteiger partial charge in [0.1, 0.15) is 12.4 Å². The van der Waals surface area contributed by atoms with Crippen molar-refractivity contribution in [2.45, 2.75) is 45.1 Å². The Hall–Kier alpha value is -3.04. The normalized spacial score (nSPS) is 15.8. The molecule has 1 saturated heterocycles. The van der Waals surface area contributed by atoms with Gasteiger partial charge in [-0.15, -0.1) is 0 Å². The maximum atomic E-state index is 12.4. The molecule has 1 atom stereocenters. The molecule has 3 rings (SSSR count). The van der Waals surface area contributed by atoms with Gasteiger partial charge in [0.2, 0.25) is 0 Å². The summed E-state index contributed by atoms with van der Waals surface area (Å²) in [7, 11) is 0. The fourth-order valence-corrected chi connectivity index (χ4v) is 4.12. The second kappa shape index (κ2) is 10.3. The zero-order valence-corrected chi connectivity index (χ0v) is 18.4. The first-order valence-electron chi connectivity index (χ1n) is 11.0. The number of carbonyl (C=O) groups is 1. The highest BCUT2D eigenvalue weighted by atomic mass is 16.5. The molecule has 1 aliphatic heterocycles. The number of hydrogen-bond donors (Lipinski definition) is 2. The lowest BCUT2D eigenvalue weighted by Gasteiger charge is -2.32. The predicted molar refractivity (Wildman–Crippen MR) is 121 cm³/mol. The molecule has 1 unspecified atom stereocenters. The van der Waals surface area contributed by atoms with Gasteiger partial charge in [0, 0.05) is 12.2 Å². The zero-order chi connectivity index (χ0) is 22.3. The van der Waals surface area contributed by atoms with Gasteiger partial charge in [-0.25, -0.2) is 4.79 Å². The number of anilines is 1. The van der Waals surface area contributed by atoms with Gasteiger partial charge < -0.3 is 15.2 Å². The topological polar surface area (TPSA) is 85.6 Å². The van der Waals surface area contributed by atoms with Gasteiger partial charge in [-0.2, -0.15) is 5.26 Å². The zero-order valence-electron chi connectivity index (χ0n) is 18.4. The fourth-order valence-electron chi connectivity index (χ4n) is 4.12. The Morgan fingerprint density at radius 3 is 2.48 bits per heavy atom. The number of nitrogens with zero attached hydrogens (tertiary/aromatic N) is 2. The summed E-state index contributed by atoms with van der Waals surface area (Å²) in [6.45, 7) is 7.74. The maximum Gasteiger partial charge on any atom is 0.334 e. The number of carboxylic acids is 1. The average molecular weight is 422 g/mol. The Bertz CT molecular complexity index is 930. The quantitative estimate of drug-likeness (QED) is 0.591. The van der Waals surface area contributed by atoms with E-state index >= 15 is 0 Å². The van der Waals surface area contributed by atoms with Crippen LogP contribution in [0, 0.1) is 11.3 Å². The highest BCUT2D eigenvalue weighted by molar-refractivity contribution is 5.85. The van der Waals surface area contributed by atoms with Gasteiger partial charge in [-0.05, 0) is 86.3 Å². The number of likely N-dealkylation sites (tertiary alicyclic amines) is 1.